The maximum atomic E-state index is 12.1. The highest BCUT2D eigenvalue weighted by Crippen LogP contribution is 2.27. The van der Waals surface area contributed by atoms with Crippen LogP contribution in [0.1, 0.15) is 12.8 Å². The highest BCUT2D eigenvalue weighted by Gasteiger charge is 2.21. The summed E-state index contributed by atoms with van der Waals surface area (Å²) < 4.78 is 27.5. The Morgan fingerprint density at radius 3 is 2.68 bits per heavy atom. The summed E-state index contributed by atoms with van der Waals surface area (Å²) in [6, 6.07) is 4.99. The molecule has 106 valence electrons. The molecule has 1 fully saturated rings. The Hall–Kier alpha value is -0.300. The number of rotatable bonds is 4. The van der Waals surface area contributed by atoms with Crippen LogP contribution in [0.3, 0.4) is 0 Å². The smallest absolute Gasteiger partial charge is 0.233 e. The topological polar surface area (TPSA) is 58.2 Å². The predicted octanol–water partition coefficient (Wildman–Crippen LogP) is 2.84. The Morgan fingerprint density at radius 2 is 2.05 bits per heavy atom. The lowest BCUT2D eigenvalue weighted by Crippen LogP contribution is -2.33. The fourth-order valence-electron chi connectivity index (χ4n) is 2.14. The minimum absolute atomic E-state index is 0.170. The second-order valence-corrected chi connectivity index (χ2v) is 7.76. The number of hydrogen-bond donors (Lipinski definition) is 2. The van der Waals surface area contributed by atoms with Gasteiger partial charge in [0.05, 0.1) is 11.4 Å². The lowest BCUT2D eigenvalue weighted by Gasteiger charge is -2.22. The summed E-state index contributed by atoms with van der Waals surface area (Å²) in [7, 11) is -3.32. The fourth-order valence-corrected chi connectivity index (χ4v) is 4.60. The first-order chi connectivity index (χ1) is 8.96. The van der Waals surface area contributed by atoms with E-state index in [1.54, 1.807) is 18.2 Å². The molecule has 1 aromatic rings. The molecule has 19 heavy (non-hydrogen) atoms. The Morgan fingerprint density at radius 1 is 1.37 bits per heavy atom. The minimum atomic E-state index is -3.32. The van der Waals surface area contributed by atoms with E-state index in [-0.39, 0.29) is 11.7 Å². The molecule has 1 heterocycles. The first-order valence-corrected chi connectivity index (χ1v) is 8.95. The zero-order valence-corrected chi connectivity index (χ0v) is 13.5. The van der Waals surface area contributed by atoms with E-state index in [9.17, 15) is 8.42 Å². The van der Waals surface area contributed by atoms with Gasteiger partial charge in [0.1, 0.15) is 0 Å². The molecule has 1 aromatic carbocycles. The van der Waals surface area contributed by atoms with Gasteiger partial charge < -0.3 is 5.32 Å². The van der Waals surface area contributed by atoms with E-state index in [0.717, 1.165) is 25.9 Å². The Kier molecular flexibility index (Phi) is 5.11. The third-order valence-corrected chi connectivity index (χ3v) is 5.44. The molecule has 0 saturated carbocycles. The largest absolute Gasteiger partial charge is 0.317 e. The van der Waals surface area contributed by atoms with Gasteiger partial charge in [-0.3, -0.25) is 4.72 Å². The molecule has 0 radical (unpaired) electrons. The van der Waals surface area contributed by atoms with Crippen LogP contribution in [-0.2, 0) is 10.0 Å². The molecule has 1 aliphatic heterocycles. The van der Waals surface area contributed by atoms with Crippen LogP contribution < -0.4 is 10.0 Å². The minimum Gasteiger partial charge on any atom is -0.317 e. The number of piperidine rings is 1. The van der Waals surface area contributed by atoms with Crippen LogP contribution in [0.25, 0.3) is 0 Å². The van der Waals surface area contributed by atoms with Crippen molar-refractivity contribution in [1.29, 1.82) is 0 Å². The van der Waals surface area contributed by atoms with Gasteiger partial charge in [0.2, 0.25) is 10.0 Å². The number of benzene rings is 1. The van der Waals surface area contributed by atoms with Gasteiger partial charge in [0, 0.05) is 9.50 Å². The normalized spacial score (nSPS) is 17.4. The Labute approximate surface area is 127 Å². The molecular formula is C12H16BrClN2O2S. The quantitative estimate of drug-likeness (QED) is 0.860. The average molecular weight is 368 g/mol. The third-order valence-electron chi connectivity index (χ3n) is 3.11. The summed E-state index contributed by atoms with van der Waals surface area (Å²) in [5, 5.41) is 3.79. The van der Waals surface area contributed by atoms with E-state index < -0.39 is 10.0 Å². The van der Waals surface area contributed by atoms with Gasteiger partial charge in [-0.1, -0.05) is 11.6 Å². The molecule has 1 aliphatic rings. The molecule has 0 aliphatic carbocycles. The zero-order chi connectivity index (χ0) is 13.9. The SMILES string of the molecule is O=S(=O)(CC1CCNCC1)Nc1ccc(Cl)cc1Br. The molecule has 7 heteroatoms. The molecule has 0 bridgehead atoms. The van der Waals surface area contributed by atoms with Crippen molar-refractivity contribution in [1.82, 2.24) is 5.32 Å². The standard InChI is InChI=1S/C12H16BrClN2O2S/c13-11-7-10(14)1-2-12(11)16-19(17,18)8-9-3-5-15-6-4-9/h1-2,7,9,15-16H,3-6,8H2. The van der Waals surface area contributed by atoms with E-state index in [1.807, 2.05) is 0 Å². The first-order valence-electron chi connectivity index (χ1n) is 6.12. The van der Waals surface area contributed by atoms with E-state index in [0.29, 0.717) is 15.2 Å². The lowest BCUT2D eigenvalue weighted by molar-refractivity contribution is 0.402. The predicted molar refractivity (Wildman–Crippen MR) is 82.2 cm³/mol. The first kappa shape index (κ1) is 15.1. The molecule has 0 aromatic heterocycles. The number of anilines is 1. The highest BCUT2D eigenvalue weighted by molar-refractivity contribution is 9.10. The van der Waals surface area contributed by atoms with Crippen LogP contribution in [0.2, 0.25) is 5.02 Å². The highest BCUT2D eigenvalue weighted by atomic mass is 79.9. The van der Waals surface area contributed by atoms with Gasteiger partial charge in [0.25, 0.3) is 0 Å². The summed E-state index contributed by atoms with van der Waals surface area (Å²) in [4.78, 5) is 0. The maximum Gasteiger partial charge on any atom is 0.233 e. The summed E-state index contributed by atoms with van der Waals surface area (Å²) in [6.45, 7) is 1.79. The van der Waals surface area contributed by atoms with E-state index in [1.165, 1.54) is 0 Å². The molecule has 0 spiro atoms. The fraction of sp³-hybridized carbons (Fsp3) is 0.500. The summed E-state index contributed by atoms with van der Waals surface area (Å²) in [5.74, 6) is 0.397. The van der Waals surface area contributed by atoms with Crippen LogP contribution in [0.5, 0.6) is 0 Å². The van der Waals surface area contributed by atoms with Crippen LogP contribution in [0, 0.1) is 5.92 Å². The molecule has 2 rings (SSSR count). The summed E-state index contributed by atoms with van der Waals surface area (Å²) >= 11 is 9.13. The molecule has 2 N–H and O–H groups in total. The zero-order valence-electron chi connectivity index (χ0n) is 10.3. The second kappa shape index (κ2) is 6.43. The van der Waals surface area contributed by atoms with E-state index in [4.69, 9.17) is 11.6 Å². The van der Waals surface area contributed by atoms with Crippen molar-refractivity contribution in [3.05, 3.63) is 27.7 Å². The van der Waals surface area contributed by atoms with Crippen LogP contribution >= 0.6 is 27.5 Å². The number of hydrogen-bond acceptors (Lipinski definition) is 3. The number of halogens is 2. The number of sulfonamides is 1. The van der Waals surface area contributed by atoms with Gasteiger partial charge >= 0.3 is 0 Å². The van der Waals surface area contributed by atoms with Crippen molar-refractivity contribution < 1.29 is 8.42 Å². The monoisotopic (exact) mass is 366 g/mol. The lowest BCUT2D eigenvalue weighted by atomic mass is 10.0. The summed E-state index contributed by atoms with van der Waals surface area (Å²) in [5.41, 5.74) is 0.526. The molecule has 1 saturated heterocycles. The molecule has 0 amide bonds. The average Bonchev–Trinajstić information content (AvgIpc) is 2.33. The maximum absolute atomic E-state index is 12.1. The van der Waals surface area contributed by atoms with Gasteiger partial charge in [-0.2, -0.15) is 0 Å². The third kappa shape index (κ3) is 4.63. The number of nitrogens with one attached hydrogen (secondary N) is 2. The molecule has 4 nitrogen and oxygen atoms in total. The van der Waals surface area contributed by atoms with Crippen molar-refractivity contribution in [2.45, 2.75) is 12.8 Å². The van der Waals surface area contributed by atoms with Crippen LogP contribution in [0.15, 0.2) is 22.7 Å². The van der Waals surface area contributed by atoms with Gasteiger partial charge in [-0.25, -0.2) is 8.42 Å². The molecular weight excluding hydrogens is 352 g/mol. The molecule has 0 atom stereocenters. The van der Waals surface area contributed by atoms with Crippen LogP contribution in [0.4, 0.5) is 5.69 Å². The Balaban J connectivity index is 2.03. The van der Waals surface area contributed by atoms with Crippen molar-refractivity contribution >= 4 is 43.2 Å². The van der Waals surface area contributed by atoms with Crippen LogP contribution in [-0.4, -0.2) is 27.3 Å². The Bertz CT molecular complexity index is 545. The van der Waals surface area contributed by atoms with Crippen molar-refractivity contribution in [3.63, 3.8) is 0 Å². The van der Waals surface area contributed by atoms with Gasteiger partial charge in [-0.05, 0) is 66.0 Å². The van der Waals surface area contributed by atoms with Gasteiger partial charge in [-0.15, -0.1) is 0 Å². The summed E-state index contributed by atoms with van der Waals surface area (Å²) in [6.07, 6.45) is 1.81. The van der Waals surface area contributed by atoms with Gasteiger partial charge in [0.15, 0.2) is 0 Å². The van der Waals surface area contributed by atoms with E-state index >= 15 is 0 Å². The van der Waals surface area contributed by atoms with E-state index in [2.05, 4.69) is 26.0 Å². The second-order valence-electron chi connectivity index (χ2n) is 4.70. The van der Waals surface area contributed by atoms with Crippen molar-refractivity contribution in [2.75, 3.05) is 23.6 Å². The molecule has 0 unspecified atom stereocenters. The van der Waals surface area contributed by atoms with Crippen molar-refractivity contribution in [2.24, 2.45) is 5.92 Å². The van der Waals surface area contributed by atoms with Crippen molar-refractivity contribution in [3.8, 4) is 0 Å².